The van der Waals surface area contributed by atoms with Crippen LogP contribution >= 0.6 is 0 Å². The van der Waals surface area contributed by atoms with Crippen LogP contribution in [0.4, 0.5) is 0 Å². The third-order valence-electron chi connectivity index (χ3n) is 3.87. The summed E-state index contributed by atoms with van der Waals surface area (Å²) in [5.74, 6) is 1.80. The van der Waals surface area contributed by atoms with Crippen molar-refractivity contribution in [2.24, 2.45) is 5.92 Å². The summed E-state index contributed by atoms with van der Waals surface area (Å²) in [6.07, 6.45) is 4.43. The molecule has 2 unspecified atom stereocenters. The van der Waals surface area contributed by atoms with Crippen molar-refractivity contribution in [1.82, 2.24) is 10.2 Å². The largest absolute Gasteiger partial charge is 0.468 e. The van der Waals surface area contributed by atoms with Gasteiger partial charge in [-0.2, -0.15) is 0 Å². The zero-order valence-corrected chi connectivity index (χ0v) is 11.0. The Balaban J connectivity index is 1.76. The van der Waals surface area contributed by atoms with Crippen molar-refractivity contribution < 1.29 is 4.42 Å². The molecule has 2 heterocycles. The Morgan fingerprint density at radius 1 is 1.59 bits per heavy atom. The maximum Gasteiger partial charge on any atom is 0.117 e. The summed E-state index contributed by atoms with van der Waals surface area (Å²) in [5.41, 5.74) is 0. The van der Waals surface area contributed by atoms with E-state index in [-0.39, 0.29) is 0 Å². The second kappa shape index (κ2) is 6.22. The van der Waals surface area contributed by atoms with Gasteiger partial charge in [0.05, 0.1) is 12.8 Å². The molecule has 1 aliphatic rings. The summed E-state index contributed by atoms with van der Waals surface area (Å²) >= 11 is 0. The van der Waals surface area contributed by atoms with Gasteiger partial charge in [0, 0.05) is 12.6 Å². The first-order chi connectivity index (χ1) is 8.29. The van der Waals surface area contributed by atoms with E-state index in [2.05, 4.69) is 24.1 Å². The lowest BCUT2D eigenvalue weighted by Gasteiger charge is -2.35. The second-order valence-electron chi connectivity index (χ2n) is 5.04. The maximum absolute atomic E-state index is 5.34. The summed E-state index contributed by atoms with van der Waals surface area (Å²) in [7, 11) is 0. The highest BCUT2D eigenvalue weighted by Gasteiger charge is 2.23. The van der Waals surface area contributed by atoms with Gasteiger partial charge in [0.15, 0.2) is 0 Å². The molecule has 0 radical (unpaired) electrons. The third kappa shape index (κ3) is 3.58. The van der Waals surface area contributed by atoms with Gasteiger partial charge in [-0.3, -0.25) is 0 Å². The van der Waals surface area contributed by atoms with Crippen LogP contribution in [0.5, 0.6) is 0 Å². The van der Waals surface area contributed by atoms with Gasteiger partial charge < -0.3 is 14.6 Å². The molecule has 1 N–H and O–H groups in total. The lowest BCUT2D eigenvalue weighted by Crippen LogP contribution is -2.44. The first-order valence-electron chi connectivity index (χ1n) is 6.77. The number of nitrogens with zero attached hydrogens (tertiary/aromatic N) is 1. The second-order valence-corrected chi connectivity index (χ2v) is 5.04. The van der Waals surface area contributed by atoms with Gasteiger partial charge >= 0.3 is 0 Å². The van der Waals surface area contributed by atoms with E-state index >= 15 is 0 Å². The number of furan rings is 1. The molecule has 1 aliphatic heterocycles. The van der Waals surface area contributed by atoms with Crippen LogP contribution in [-0.4, -0.2) is 30.6 Å². The number of nitrogens with one attached hydrogen (secondary N) is 1. The van der Waals surface area contributed by atoms with Crippen LogP contribution in [0.1, 0.15) is 32.4 Å². The van der Waals surface area contributed by atoms with Gasteiger partial charge in [0.25, 0.3) is 0 Å². The molecule has 0 saturated carbocycles. The number of rotatable bonds is 5. The molecule has 1 aromatic heterocycles. The molecule has 3 heteroatoms. The van der Waals surface area contributed by atoms with Crippen LogP contribution in [0.3, 0.4) is 0 Å². The Hall–Kier alpha value is -0.800. The molecule has 17 heavy (non-hydrogen) atoms. The lowest BCUT2D eigenvalue weighted by atomic mass is 9.91. The van der Waals surface area contributed by atoms with Crippen LogP contribution in [-0.2, 0) is 6.54 Å². The van der Waals surface area contributed by atoms with E-state index in [1.54, 1.807) is 6.26 Å². The minimum absolute atomic E-state index is 0.564. The molecule has 0 amide bonds. The standard InChI is InChI=1S/C14H24N2O/c1-3-16-8-4-6-13(11-16)12(2)15-10-14-7-5-9-17-14/h5,7,9,12-13,15H,3-4,6,8,10-11H2,1-2H3. The lowest BCUT2D eigenvalue weighted by molar-refractivity contribution is 0.156. The van der Waals surface area contributed by atoms with E-state index in [4.69, 9.17) is 4.42 Å². The topological polar surface area (TPSA) is 28.4 Å². The highest BCUT2D eigenvalue weighted by Crippen LogP contribution is 2.19. The van der Waals surface area contributed by atoms with Crippen molar-refractivity contribution >= 4 is 0 Å². The summed E-state index contributed by atoms with van der Waals surface area (Å²) in [6.45, 7) is 9.09. The monoisotopic (exact) mass is 236 g/mol. The molecule has 1 fully saturated rings. The zero-order valence-electron chi connectivity index (χ0n) is 11.0. The fraction of sp³-hybridized carbons (Fsp3) is 0.714. The molecule has 0 aromatic carbocycles. The Labute approximate surface area is 104 Å². The highest BCUT2D eigenvalue weighted by atomic mass is 16.3. The van der Waals surface area contributed by atoms with E-state index < -0.39 is 0 Å². The number of hydrogen-bond acceptors (Lipinski definition) is 3. The van der Waals surface area contributed by atoms with Gasteiger partial charge in [-0.1, -0.05) is 6.92 Å². The first-order valence-corrected chi connectivity index (χ1v) is 6.77. The van der Waals surface area contributed by atoms with E-state index in [0.29, 0.717) is 6.04 Å². The number of likely N-dealkylation sites (tertiary alicyclic amines) is 1. The smallest absolute Gasteiger partial charge is 0.117 e. The van der Waals surface area contributed by atoms with Gasteiger partial charge in [-0.15, -0.1) is 0 Å². The average molecular weight is 236 g/mol. The zero-order chi connectivity index (χ0) is 12.1. The molecule has 2 atom stereocenters. The highest BCUT2D eigenvalue weighted by molar-refractivity contribution is 4.98. The van der Waals surface area contributed by atoms with Gasteiger partial charge in [-0.25, -0.2) is 0 Å². The van der Waals surface area contributed by atoms with Crippen molar-refractivity contribution in [1.29, 1.82) is 0 Å². The van der Waals surface area contributed by atoms with Crippen LogP contribution in [0.2, 0.25) is 0 Å². The number of piperidine rings is 1. The summed E-state index contributed by atoms with van der Waals surface area (Å²) in [4.78, 5) is 2.55. The molecular formula is C14H24N2O. The molecule has 2 rings (SSSR count). The van der Waals surface area contributed by atoms with Crippen LogP contribution in [0.25, 0.3) is 0 Å². The average Bonchev–Trinajstić information content (AvgIpc) is 2.89. The number of hydrogen-bond donors (Lipinski definition) is 1. The molecule has 0 bridgehead atoms. The van der Waals surface area contributed by atoms with Crippen LogP contribution in [0.15, 0.2) is 22.8 Å². The van der Waals surface area contributed by atoms with E-state index in [9.17, 15) is 0 Å². The van der Waals surface area contributed by atoms with Gasteiger partial charge in [-0.05, 0) is 50.9 Å². The molecule has 0 aliphatic carbocycles. The van der Waals surface area contributed by atoms with Crippen molar-refractivity contribution in [2.75, 3.05) is 19.6 Å². The summed E-state index contributed by atoms with van der Waals surface area (Å²) in [5, 5.41) is 3.58. The third-order valence-corrected chi connectivity index (χ3v) is 3.87. The molecule has 0 spiro atoms. The van der Waals surface area contributed by atoms with E-state index in [1.165, 1.54) is 32.5 Å². The Bertz CT molecular complexity index is 310. The van der Waals surface area contributed by atoms with Gasteiger partial charge in [0.2, 0.25) is 0 Å². The molecule has 3 nitrogen and oxygen atoms in total. The van der Waals surface area contributed by atoms with E-state index in [0.717, 1.165) is 18.2 Å². The van der Waals surface area contributed by atoms with Crippen molar-refractivity contribution in [3.05, 3.63) is 24.2 Å². The van der Waals surface area contributed by atoms with Crippen LogP contribution in [0, 0.1) is 5.92 Å². The fourth-order valence-electron chi connectivity index (χ4n) is 2.63. The summed E-state index contributed by atoms with van der Waals surface area (Å²) in [6, 6.07) is 4.54. The van der Waals surface area contributed by atoms with E-state index in [1.807, 2.05) is 12.1 Å². The fourth-order valence-corrected chi connectivity index (χ4v) is 2.63. The normalized spacial score (nSPS) is 23.8. The summed E-state index contributed by atoms with van der Waals surface area (Å²) < 4.78 is 5.34. The quantitative estimate of drug-likeness (QED) is 0.851. The van der Waals surface area contributed by atoms with Crippen molar-refractivity contribution in [3.63, 3.8) is 0 Å². The Kier molecular flexibility index (Phi) is 4.63. The molecular weight excluding hydrogens is 212 g/mol. The predicted molar refractivity (Wildman–Crippen MR) is 69.8 cm³/mol. The Morgan fingerprint density at radius 3 is 3.18 bits per heavy atom. The van der Waals surface area contributed by atoms with Gasteiger partial charge in [0.1, 0.15) is 5.76 Å². The minimum atomic E-state index is 0.564. The molecule has 1 saturated heterocycles. The van der Waals surface area contributed by atoms with Crippen LogP contribution < -0.4 is 5.32 Å². The van der Waals surface area contributed by atoms with Crippen molar-refractivity contribution in [3.8, 4) is 0 Å². The predicted octanol–water partition coefficient (Wildman–Crippen LogP) is 2.49. The maximum atomic E-state index is 5.34. The molecule has 1 aromatic rings. The first kappa shape index (κ1) is 12.7. The van der Waals surface area contributed by atoms with Crippen molar-refractivity contribution in [2.45, 2.75) is 39.3 Å². The SMILES string of the molecule is CCN1CCCC(C(C)NCc2ccco2)C1. The molecule has 96 valence electrons. The minimum Gasteiger partial charge on any atom is -0.468 e. The Morgan fingerprint density at radius 2 is 2.47 bits per heavy atom.